The van der Waals surface area contributed by atoms with Crippen molar-refractivity contribution in [3.8, 4) is 5.69 Å². The number of nitrogens with zero attached hydrogens (tertiary/aromatic N) is 3. The van der Waals surface area contributed by atoms with E-state index in [1.54, 1.807) is 16.8 Å². The Kier molecular flexibility index (Phi) is 7.84. The lowest BCUT2D eigenvalue weighted by Crippen LogP contribution is -2.43. The molecule has 9 heteroatoms. The van der Waals surface area contributed by atoms with Gasteiger partial charge in [0.2, 0.25) is 5.91 Å². The second-order valence-corrected chi connectivity index (χ2v) is 7.91. The van der Waals surface area contributed by atoms with E-state index in [1.807, 2.05) is 26.0 Å². The fourth-order valence-electron chi connectivity index (χ4n) is 3.40. The molecule has 3 rings (SSSR count). The van der Waals surface area contributed by atoms with Gasteiger partial charge in [0.1, 0.15) is 0 Å². The highest BCUT2D eigenvalue weighted by atomic mass is 35.5. The van der Waals surface area contributed by atoms with Crippen LogP contribution in [0, 0.1) is 0 Å². The summed E-state index contributed by atoms with van der Waals surface area (Å²) >= 11 is 6.10. The van der Waals surface area contributed by atoms with Crippen molar-refractivity contribution >= 4 is 23.4 Å². The van der Waals surface area contributed by atoms with Gasteiger partial charge in [0.05, 0.1) is 42.9 Å². The third kappa shape index (κ3) is 5.81. The summed E-state index contributed by atoms with van der Waals surface area (Å²) in [4.78, 5) is 27.1. The maximum Gasteiger partial charge on any atom is 0.255 e. The van der Waals surface area contributed by atoms with Crippen LogP contribution >= 0.6 is 11.6 Å². The lowest BCUT2D eigenvalue weighted by atomic mass is 10.1. The predicted molar refractivity (Wildman–Crippen MR) is 115 cm³/mol. The molecule has 1 fully saturated rings. The summed E-state index contributed by atoms with van der Waals surface area (Å²) in [6.45, 7) is 8.42. The summed E-state index contributed by atoms with van der Waals surface area (Å²) in [5, 5.41) is 10.5. The van der Waals surface area contributed by atoms with E-state index in [2.05, 4.69) is 20.6 Å². The van der Waals surface area contributed by atoms with Crippen molar-refractivity contribution in [2.75, 3.05) is 45.9 Å². The van der Waals surface area contributed by atoms with Gasteiger partial charge in [0.25, 0.3) is 5.91 Å². The van der Waals surface area contributed by atoms with E-state index in [4.69, 9.17) is 16.3 Å². The van der Waals surface area contributed by atoms with Gasteiger partial charge in [-0.05, 0) is 24.1 Å². The Labute approximate surface area is 181 Å². The summed E-state index contributed by atoms with van der Waals surface area (Å²) in [7, 11) is 0. The van der Waals surface area contributed by atoms with Crippen molar-refractivity contribution in [2.45, 2.75) is 19.8 Å². The third-order valence-corrected chi connectivity index (χ3v) is 5.15. The summed E-state index contributed by atoms with van der Waals surface area (Å²) < 4.78 is 7.02. The molecular weight excluding hydrogens is 406 g/mol. The van der Waals surface area contributed by atoms with Crippen LogP contribution in [0.25, 0.3) is 5.69 Å². The highest BCUT2D eigenvalue weighted by Gasteiger charge is 2.21. The molecule has 0 aliphatic carbocycles. The number of nitrogens with one attached hydrogen (secondary N) is 2. The molecule has 1 aliphatic heterocycles. The normalized spacial score (nSPS) is 14.7. The van der Waals surface area contributed by atoms with Gasteiger partial charge in [0.15, 0.2) is 0 Å². The number of carbonyl (C=O) groups excluding carboxylic acids is 2. The molecule has 8 nitrogen and oxygen atoms in total. The molecule has 1 aromatic carbocycles. The third-order valence-electron chi connectivity index (χ3n) is 4.91. The SMILES string of the molecule is CC(C)c1c(C(=O)NCC(=O)NCCN2CCOCC2)cnn1-c1cccc(Cl)c1. The number of benzene rings is 1. The first-order valence-corrected chi connectivity index (χ1v) is 10.5. The molecule has 2 N–H and O–H groups in total. The van der Waals surface area contributed by atoms with Crippen molar-refractivity contribution in [3.63, 3.8) is 0 Å². The molecule has 30 heavy (non-hydrogen) atoms. The predicted octanol–water partition coefficient (Wildman–Crippen LogP) is 1.83. The van der Waals surface area contributed by atoms with Gasteiger partial charge in [-0.25, -0.2) is 4.68 Å². The number of ether oxygens (including phenoxy) is 1. The zero-order valence-corrected chi connectivity index (χ0v) is 18.1. The number of aromatic nitrogens is 2. The largest absolute Gasteiger partial charge is 0.379 e. The number of morpholine rings is 1. The highest BCUT2D eigenvalue weighted by Crippen LogP contribution is 2.24. The van der Waals surface area contributed by atoms with Crippen LogP contribution in [0.2, 0.25) is 5.02 Å². The standard InChI is InChI=1S/C21H28ClN5O3/c1-15(2)20-18(13-25-27(20)17-5-3-4-16(22)12-17)21(29)24-14-19(28)23-6-7-26-8-10-30-11-9-26/h3-5,12-13,15H,6-11,14H2,1-2H3,(H,23,28)(H,24,29). The topological polar surface area (TPSA) is 88.5 Å². The van der Waals surface area contributed by atoms with Crippen molar-refractivity contribution in [1.29, 1.82) is 0 Å². The molecule has 1 aromatic heterocycles. The molecule has 0 saturated carbocycles. The number of amides is 2. The quantitative estimate of drug-likeness (QED) is 0.663. The zero-order valence-electron chi connectivity index (χ0n) is 17.4. The molecule has 1 aliphatic rings. The van der Waals surface area contributed by atoms with Crippen LogP contribution in [0.15, 0.2) is 30.5 Å². The Morgan fingerprint density at radius 1 is 1.23 bits per heavy atom. The van der Waals surface area contributed by atoms with Crippen LogP contribution in [-0.4, -0.2) is 72.4 Å². The lowest BCUT2D eigenvalue weighted by Gasteiger charge is -2.26. The van der Waals surface area contributed by atoms with E-state index >= 15 is 0 Å². The Balaban J connectivity index is 1.56. The van der Waals surface area contributed by atoms with E-state index in [0.717, 1.165) is 44.2 Å². The van der Waals surface area contributed by atoms with Gasteiger partial charge in [-0.2, -0.15) is 5.10 Å². The molecule has 2 amide bonds. The molecule has 0 atom stereocenters. The first kappa shape index (κ1) is 22.3. The summed E-state index contributed by atoms with van der Waals surface area (Å²) in [6, 6.07) is 7.30. The highest BCUT2D eigenvalue weighted by molar-refractivity contribution is 6.30. The molecule has 2 heterocycles. The van der Waals surface area contributed by atoms with Crippen LogP contribution < -0.4 is 10.6 Å². The Morgan fingerprint density at radius 2 is 2.00 bits per heavy atom. The van der Waals surface area contributed by atoms with Crippen LogP contribution in [0.3, 0.4) is 0 Å². The molecule has 0 bridgehead atoms. The van der Waals surface area contributed by atoms with Crippen LogP contribution in [0.4, 0.5) is 0 Å². The minimum absolute atomic E-state index is 0.0505. The molecular formula is C21H28ClN5O3. The van der Waals surface area contributed by atoms with Gasteiger partial charge in [0, 0.05) is 31.2 Å². The van der Waals surface area contributed by atoms with E-state index in [1.165, 1.54) is 6.20 Å². The molecule has 0 radical (unpaired) electrons. The average Bonchev–Trinajstić information content (AvgIpc) is 3.18. The van der Waals surface area contributed by atoms with Crippen molar-refractivity contribution in [3.05, 3.63) is 46.7 Å². The van der Waals surface area contributed by atoms with Crippen LogP contribution in [0.1, 0.15) is 35.8 Å². The number of rotatable bonds is 8. The lowest BCUT2D eigenvalue weighted by molar-refractivity contribution is -0.120. The van der Waals surface area contributed by atoms with Gasteiger partial charge in [-0.3, -0.25) is 14.5 Å². The van der Waals surface area contributed by atoms with Crippen molar-refractivity contribution in [2.24, 2.45) is 0 Å². The first-order valence-electron chi connectivity index (χ1n) is 10.1. The van der Waals surface area contributed by atoms with Crippen molar-refractivity contribution in [1.82, 2.24) is 25.3 Å². The van der Waals surface area contributed by atoms with Gasteiger partial charge in [-0.15, -0.1) is 0 Å². The number of hydrogen-bond donors (Lipinski definition) is 2. The van der Waals surface area contributed by atoms with Gasteiger partial charge < -0.3 is 15.4 Å². The zero-order chi connectivity index (χ0) is 21.5. The Morgan fingerprint density at radius 3 is 2.70 bits per heavy atom. The molecule has 2 aromatic rings. The number of carbonyl (C=O) groups is 2. The first-order chi connectivity index (χ1) is 14.5. The average molecular weight is 434 g/mol. The number of halogens is 1. The van der Waals surface area contributed by atoms with E-state index in [0.29, 0.717) is 17.1 Å². The van der Waals surface area contributed by atoms with E-state index < -0.39 is 0 Å². The maximum absolute atomic E-state index is 12.7. The maximum atomic E-state index is 12.7. The molecule has 1 saturated heterocycles. The number of hydrogen-bond acceptors (Lipinski definition) is 5. The smallest absolute Gasteiger partial charge is 0.255 e. The Bertz CT molecular complexity index is 877. The van der Waals surface area contributed by atoms with Crippen LogP contribution in [0.5, 0.6) is 0 Å². The summed E-state index contributed by atoms with van der Waals surface area (Å²) in [5.41, 5.74) is 2.00. The second-order valence-electron chi connectivity index (χ2n) is 7.48. The summed E-state index contributed by atoms with van der Waals surface area (Å²) in [6.07, 6.45) is 1.53. The Hall–Kier alpha value is -2.42. The van der Waals surface area contributed by atoms with Gasteiger partial charge in [-0.1, -0.05) is 31.5 Å². The minimum Gasteiger partial charge on any atom is -0.379 e. The van der Waals surface area contributed by atoms with E-state index in [-0.39, 0.29) is 24.3 Å². The molecule has 162 valence electrons. The second kappa shape index (κ2) is 10.6. The molecule has 0 spiro atoms. The fourth-order valence-corrected chi connectivity index (χ4v) is 3.58. The van der Waals surface area contributed by atoms with Crippen LogP contribution in [-0.2, 0) is 9.53 Å². The fraction of sp³-hybridized carbons (Fsp3) is 0.476. The minimum atomic E-state index is -0.324. The van der Waals surface area contributed by atoms with Gasteiger partial charge >= 0.3 is 0 Å². The molecule has 0 unspecified atom stereocenters. The monoisotopic (exact) mass is 433 g/mol. The summed E-state index contributed by atoms with van der Waals surface area (Å²) in [5.74, 6) is -0.491. The van der Waals surface area contributed by atoms with E-state index in [9.17, 15) is 9.59 Å². The van der Waals surface area contributed by atoms with Crippen molar-refractivity contribution < 1.29 is 14.3 Å².